The van der Waals surface area contributed by atoms with Crippen LogP contribution in [0.2, 0.25) is 0 Å². The Morgan fingerprint density at radius 3 is 2.32 bits per heavy atom. The zero-order valence-corrected chi connectivity index (χ0v) is 20.6. The van der Waals surface area contributed by atoms with E-state index in [1.807, 2.05) is 36.4 Å². The van der Waals surface area contributed by atoms with E-state index in [1.165, 1.54) is 6.08 Å². The van der Waals surface area contributed by atoms with Crippen LogP contribution in [-0.4, -0.2) is 69.3 Å². The summed E-state index contributed by atoms with van der Waals surface area (Å²) in [5.41, 5.74) is 2.32. The Morgan fingerprint density at radius 2 is 1.65 bits per heavy atom. The molecule has 0 radical (unpaired) electrons. The number of benzene rings is 2. The number of nitrogens with zero attached hydrogens (tertiary/aromatic N) is 3. The second kappa shape index (κ2) is 11.2. The van der Waals surface area contributed by atoms with Crippen molar-refractivity contribution >= 4 is 33.4 Å². The van der Waals surface area contributed by atoms with E-state index in [1.54, 1.807) is 22.5 Å². The van der Waals surface area contributed by atoms with E-state index in [0.29, 0.717) is 18.8 Å². The number of hydrogen-bond acceptors (Lipinski definition) is 5. The van der Waals surface area contributed by atoms with Gasteiger partial charge in [-0.3, -0.25) is 4.79 Å². The van der Waals surface area contributed by atoms with Crippen LogP contribution in [0.1, 0.15) is 31.7 Å². The number of carbonyl (C=O) groups is 1. The molecule has 1 N–H and O–H groups in total. The van der Waals surface area contributed by atoms with Crippen LogP contribution in [0.3, 0.4) is 0 Å². The first kappa shape index (κ1) is 24.4. The molecule has 34 heavy (non-hydrogen) atoms. The Kier molecular flexibility index (Phi) is 8.03. The van der Waals surface area contributed by atoms with Crippen molar-refractivity contribution in [3.8, 4) is 0 Å². The minimum Gasteiger partial charge on any atom is -0.367 e. The van der Waals surface area contributed by atoms with Gasteiger partial charge < -0.3 is 15.1 Å². The molecule has 0 atom stereocenters. The third-order valence-corrected chi connectivity index (χ3v) is 8.46. The number of amides is 1. The first-order valence-corrected chi connectivity index (χ1v) is 13.6. The molecule has 7 nitrogen and oxygen atoms in total. The second-order valence-corrected chi connectivity index (χ2v) is 10.7. The summed E-state index contributed by atoms with van der Waals surface area (Å²) in [7, 11) is -3.60. The number of nitrogens with one attached hydrogen (secondary N) is 1. The molecular weight excluding hydrogens is 448 g/mol. The average molecular weight is 483 g/mol. The molecule has 182 valence electrons. The average Bonchev–Trinajstić information content (AvgIpc) is 2.88. The Bertz CT molecular complexity index is 1100. The van der Waals surface area contributed by atoms with Gasteiger partial charge in [-0.05, 0) is 49.2 Å². The van der Waals surface area contributed by atoms with Crippen LogP contribution in [0.15, 0.2) is 59.5 Å². The number of piperidine rings is 1. The standard InChI is InChI=1S/C26H34N4O3S/c1-2-28-17-19-29(20-18-28)25-13-12-23(34(32,33)30-15-7-4-8-16-30)21-24(25)27-26(31)14-11-22-9-5-3-6-10-22/h3,5-6,9-14,21H,2,4,7-8,15-20H2,1H3,(H,27,31)/b14-11+. The van der Waals surface area contributed by atoms with Crippen LogP contribution in [0.4, 0.5) is 11.4 Å². The van der Waals surface area contributed by atoms with Crippen molar-refractivity contribution < 1.29 is 13.2 Å². The highest BCUT2D eigenvalue weighted by Crippen LogP contribution is 2.32. The van der Waals surface area contributed by atoms with Gasteiger partial charge in [0.05, 0.1) is 16.3 Å². The van der Waals surface area contributed by atoms with Crippen LogP contribution >= 0.6 is 0 Å². The van der Waals surface area contributed by atoms with Gasteiger partial charge in [0.2, 0.25) is 15.9 Å². The molecule has 0 bridgehead atoms. The smallest absolute Gasteiger partial charge is 0.248 e. The first-order chi connectivity index (χ1) is 16.5. The molecular formula is C26H34N4O3S. The van der Waals surface area contributed by atoms with Gasteiger partial charge >= 0.3 is 0 Å². The molecule has 2 saturated heterocycles. The Morgan fingerprint density at radius 1 is 0.941 bits per heavy atom. The molecule has 0 unspecified atom stereocenters. The maximum Gasteiger partial charge on any atom is 0.248 e. The first-order valence-electron chi connectivity index (χ1n) is 12.1. The second-order valence-electron chi connectivity index (χ2n) is 8.80. The monoisotopic (exact) mass is 482 g/mol. The molecule has 2 aliphatic heterocycles. The number of piperazine rings is 1. The van der Waals surface area contributed by atoms with Gasteiger partial charge in [0.25, 0.3) is 0 Å². The lowest BCUT2D eigenvalue weighted by atomic mass is 10.2. The quantitative estimate of drug-likeness (QED) is 0.610. The van der Waals surface area contributed by atoms with Gasteiger partial charge in [-0.2, -0.15) is 4.31 Å². The largest absolute Gasteiger partial charge is 0.367 e. The minimum absolute atomic E-state index is 0.229. The molecule has 0 spiro atoms. The third kappa shape index (κ3) is 5.87. The molecule has 0 aromatic heterocycles. The van der Waals surface area contributed by atoms with Crippen LogP contribution < -0.4 is 10.2 Å². The summed E-state index contributed by atoms with van der Waals surface area (Å²) in [6.45, 7) is 7.78. The SMILES string of the molecule is CCN1CCN(c2ccc(S(=O)(=O)N3CCCCC3)cc2NC(=O)/C=C/c2ccccc2)CC1. The summed E-state index contributed by atoms with van der Waals surface area (Å²) in [5.74, 6) is -0.287. The predicted molar refractivity (Wildman–Crippen MR) is 137 cm³/mol. The summed E-state index contributed by atoms with van der Waals surface area (Å²) in [4.78, 5) is 17.6. The molecule has 8 heteroatoms. The Balaban J connectivity index is 1.60. The van der Waals surface area contributed by atoms with Crippen LogP contribution in [0.25, 0.3) is 6.08 Å². The number of anilines is 2. The number of hydrogen-bond donors (Lipinski definition) is 1. The minimum atomic E-state index is -3.60. The van der Waals surface area contributed by atoms with Crippen molar-refractivity contribution in [2.75, 3.05) is 56.0 Å². The highest BCUT2D eigenvalue weighted by Gasteiger charge is 2.28. The van der Waals surface area contributed by atoms with Gasteiger partial charge in [0.1, 0.15) is 0 Å². The van der Waals surface area contributed by atoms with Crippen LogP contribution in [-0.2, 0) is 14.8 Å². The summed E-state index contributed by atoms with van der Waals surface area (Å²) in [6, 6.07) is 14.8. The van der Waals surface area contributed by atoms with Crippen molar-refractivity contribution in [3.63, 3.8) is 0 Å². The van der Waals surface area contributed by atoms with E-state index in [0.717, 1.165) is 63.2 Å². The van der Waals surface area contributed by atoms with Crippen molar-refractivity contribution in [1.29, 1.82) is 0 Å². The van der Waals surface area contributed by atoms with E-state index in [4.69, 9.17) is 0 Å². The zero-order valence-electron chi connectivity index (χ0n) is 19.8. The number of rotatable bonds is 7. The highest BCUT2D eigenvalue weighted by molar-refractivity contribution is 7.89. The van der Waals surface area contributed by atoms with Gasteiger partial charge in [0, 0.05) is 45.3 Å². The fourth-order valence-corrected chi connectivity index (χ4v) is 6.07. The number of likely N-dealkylation sites (N-methyl/N-ethyl adjacent to an activating group) is 1. The van der Waals surface area contributed by atoms with Gasteiger partial charge in [-0.25, -0.2) is 8.42 Å². The Hall–Kier alpha value is -2.68. The van der Waals surface area contributed by atoms with E-state index in [2.05, 4.69) is 22.0 Å². The molecule has 0 aliphatic carbocycles. The van der Waals surface area contributed by atoms with Crippen molar-refractivity contribution in [2.45, 2.75) is 31.1 Å². The summed E-state index contributed by atoms with van der Waals surface area (Å²) in [5, 5.41) is 2.95. The van der Waals surface area contributed by atoms with Gasteiger partial charge in [-0.1, -0.05) is 43.7 Å². The summed E-state index contributed by atoms with van der Waals surface area (Å²) < 4.78 is 28.1. The van der Waals surface area contributed by atoms with Crippen molar-refractivity contribution in [1.82, 2.24) is 9.21 Å². The molecule has 2 aromatic rings. The van der Waals surface area contributed by atoms with E-state index in [9.17, 15) is 13.2 Å². The topological polar surface area (TPSA) is 73.0 Å². The predicted octanol–water partition coefficient (Wildman–Crippen LogP) is 3.66. The van der Waals surface area contributed by atoms with Crippen molar-refractivity contribution in [2.24, 2.45) is 0 Å². The van der Waals surface area contributed by atoms with Crippen LogP contribution in [0.5, 0.6) is 0 Å². The summed E-state index contributed by atoms with van der Waals surface area (Å²) in [6.07, 6.45) is 6.06. The summed E-state index contributed by atoms with van der Waals surface area (Å²) >= 11 is 0. The molecule has 1 amide bonds. The molecule has 2 aliphatic rings. The maximum absolute atomic E-state index is 13.3. The fraction of sp³-hybridized carbons (Fsp3) is 0.423. The van der Waals surface area contributed by atoms with Crippen LogP contribution in [0, 0.1) is 0 Å². The number of sulfonamides is 1. The van der Waals surface area contributed by atoms with E-state index in [-0.39, 0.29) is 10.8 Å². The third-order valence-electron chi connectivity index (χ3n) is 6.57. The molecule has 2 fully saturated rings. The van der Waals surface area contributed by atoms with Gasteiger partial charge in [0.15, 0.2) is 0 Å². The maximum atomic E-state index is 13.3. The fourth-order valence-electron chi connectivity index (χ4n) is 4.52. The van der Waals surface area contributed by atoms with Crippen molar-refractivity contribution in [3.05, 3.63) is 60.2 Å². The van der Waals surface area contributed by atoms with E-state index < -0.39 is 10.0 Å². The lowest BCUT2D eigenvalue weighted by Gasteiger charge is -2.36. The molecule has 2 heterocycles. The molecule has 2 aromatic carbocycles. The zero-order chi connectivity index (χ0) is 24.0. The van der Waals surface area contributed by atoms with Gasteiger partial charge in [-0.15, -0.1) is 0 Å². The molecule has 4 rings (SSSR count). The lowest BCUT2D eigenvalue weighted by molar-refractivity contribution is -0.111. The lowest BCUT2D eigenvalue weighted by Crippen LogP contribution is -2.46. The molecule has 0 saturated carbocycles. The number of carbonyl (C=O) groups excluding carboxylic acids is 1. The highest BCUT2D eigenvalue weighted by atomic mass is 32.2. The normalized spacial score (nSPS) is 18.3. The Labute approximate surface area is 203 Å². The van der Waals surface area contributed by atoms with E-state index >= 15 is 0 Å².